The maximum atomic E-state index is 14.1. The molecule has 1 aromatic rings. The minimum Gasteiger partial charge on any atom is -0.206 e. The van der Waals surface area contributed by atoms with Crippen molar-refractivity contribution in [2.24, 2.45) is 23.7 Å². The van der Waals surface area contributed by atoms with Gasteiger partial charge in [0.25, 0.3) is 0 Å². The summed E-state index contributed by atoms with van der Waals surface area (Å²) < 4.78 is 14.1. The Balaban J connectivity index is 1.26. The molecule has 3 aliphatic rings. The summed E-state index contributed by atoms with van der Waals surface area (Å²) in [7, 11) is 0. The number of rotatable bonds is 5. The van der Waals surface area contributed by atoms with Gasteiger partial charge in [-0.1, -0.05) is 94.7 Å². The van der Waals surface area contributed by atoms with E-state index in [9.17, 15) is 4.39 Å². The van der Waals surface area contributed by atoms with Crippen molar-refractivity contribution in [3.05, 3.63) is 53.9 Å². The summed E-state index contributed by atoms with van der Waals surface area (Å²) in [6.45, 7) is 2.41. The Bertz CT molecular complexity index is 735. The fourth-order valence-electron chi connectivity index (χ4n) is 5.85. The van der Waals surface area contributed by atoms with E-state index in [4.69, 9.17) is 11.6 Å². The van der Waals surface area contributed by atoms with E-state index in [-0.39, 0.29) is 10.7 Å². The maximum absolute atomic E-state index is 14.1. The number of allylic oxidation sites excluding steroid dienone is 4. The highest BCUT2D eigenvalue weighted by atomic mass is 35.5. The molecule has 0 aromatic heterocycles. The molecule has 2 saturated carbocycles. The molecule has 0 bridgehead atoms. The standard InChI is InChI=1S/C27H36ClF/c1-20-6-8-21(9-7-20)10-11-22-12-14-24(15-13-22)27(28)18-16-23(17-19-27)25-4-2-3-5-26(25)29/h2-5,16-18,20-22,24H,6-15,19H2,1H3. The summed E-state index contributed by atoms with van der Waals surface area (Å²) >= 11 is 7.08. The lowest BCUT2D eigenvalue weighted by atomic mass is 9.71. The third-order valence-corrected chi connectivity index (χ3v) is 8.59. The van der Waals surface area contributed by atoms with E-state index in [1.807, 2.05) is 18.2 Å². The van der Waals surface area contributed by atoms with Crippen molar-refractivity contribution in [1.82, 2.24) is 0 Å². The normalized spacial score (nSPS) is 35.3. The second-order valence-corrected chi connectivity index (χ2v) is 10.7. The molecule has 29 heavy (non-hydrogen) atoms. The average molecular weight is 415 g/mol. The summed E-state index contributed by atoms with van der Waals surface area (Å²) in [5.41, 5.74) is 1.65. The molecule has 2 fully saturated rings. The molecule has 4 rings (SSSR count). The SMILES string of the molecule is CC1CCC(CCC2CCC(C3(Cl)C=CC(c4ccccc4F)=CC3)CC2)CC1. The first-order valence-electron chi connectivity index (χ1n) is 11.9. The van der Waals surface area contributed by atoms with Crippen LogP contribution in [0, 0.1) is 29.5 Å². The Labute approximate surface area is 181 Å². The van der Waals surface area contributed by atoms with Gasteiger partial charge in [0.05, 0.1) is 4.87 Å². The van der Waals surface area contributed by atoms with Crippen molar-refractivity contribution < 1.29 is 4.39 Å². The van der Waals surface area contributed by atoms with Crippen LogP contribution in [0.5, 0.6) is 0 Å². The Kier molecular flexibility index (Phi) is 6.84. The first kappa shape index (κ1) is 21.2. The molecule has 1 aromatic carbocycles. The number of halogens is 2. The van der Waals surface area contributed by atoms with Crippen LogP contribution in [0.4, 0.5) is 4.39 Å². The lowest BCUT2D eigenvalue weighted by Gasteiger charge is -2.39. The zero-order chi connectivity index (χ0) is 20.3. The number of alkyl halides is 1. The summed E-state index contributed by atoms with van der Waals surface area (Å²) in [5.74, 6) is 3.25. The third-order valence-electron chi connectivity index (χ3n) is 8.00. The van der Waals surface area contributed by atoms with Gasteiger partial charge >= 0.3 is 0 Å². The molecular weight excluding hydrogens is 379 g/mol. The van der Waals surface area contributed by atoms with Crippen LogP contribution in [-0.4, -0.2) is 4.87 Å². The van der Waals surface area contributed by atoms with Crippen LogP contribution in [0.2, 0.25) is 0 Å². The topological polar surface area (TPSA) is 0 Å². The van der Waals surface area contributed by atoms with Crippen LogP contribution in [0.3, 0.4) is 0 Å². The summed E-state index contributed by atoms with van der Waals surface area (Å²) in [4.78, 5) is -0.279. The van der Waals surface area contributed by atoms with Crippen LogP contribution in [0.15, 0.2) is 42.5 Å². The van der Waals surface area contributed by atoms with Gasteiger partial charge in [0.15, 0.2) is 0 Å². The average Bonchev–Trinajstić information content (AvgIpc) is 2.75. The van der Waals surface area contributed by atoms with Crippen LogP contribution in [-0.2, 0) is 0 Å². The van der Waals surface area contributed by atoms with Crippen molar-refractivity contribution in [2.75, 3.05) is 0 Å². The largest absolute Gasteiger partial charge is 0.206 e. The van der Waals surface area contributed by atoms with Gasteiger partial charge in [0.1, 0.15) is 5.82 Å². The Morgan fingerprint density at radius 1 is 0.931 bits per heavy atom. The Morgan fingerprint density at radius 3 is 2.14 bits per heavy atom. The van der Waals surface area contributed by atoms with Gasteiger partial charge in [-0.05, 0) is 54.6 Å². The van der Waals surface area contributed by atoms with Gasteiger partial charge in [-0.2, -0.15) is 0 Å². The van der Waals surface area contributed by atoms with Gasteiger partial charge in [-0.3, -0.25) is 0 Å². The highest BCUT2D eigenvalue weighted by Crippen LogP contribution is 2.46. The molecule has 2 heteroatoms. The van der Waals surface area contributed by atoms with E-state index >= 15 is 0 Å². The van der Waals surface area contributed by atoms with Crippen molar-refractivity contribution in [3.63, 3.8) is 0 Å². The van der Waals surface area contributed by atoms with Crippen LogP contribution >= 0.6 is 11.6 Å². The number of benzene rings is 1. The Morgan fingerprint density at radius 2 is 1.55 bits per heavy atom. The van der Waals surface area contributed by atoms with E-state index < -0.39 is 0 Å². The third kappa shape index (κ3) is 5.16. The van der Waals surface area contributed by atoms with Gasteiger partial charge in [-0.25, -0.2) is 4.39 Å². The number of hydrogen-bond acceptors (Lipinski definition) is 0. The summed E-state index contributed by atoms with van der Waals surface area (Å²) in [5, 5.41) is 0. The number of hydrogen-bond donors (Lipinski definition) is 0. The summed E-state index contributed by atoms with van der Waals surface area (Å²) in [6, 6.07) is 7.02. The zero-order valence-corrected chi connectivity index (χ0v) is 18.6. The lowest BCUT2D eigenvalue weighted by molar-refractivity contribution is 0.207. The monoisotopic (exact) mass is 414 g/mol. The first-order chi connectivity index (χ1) is 14.0. The minimum atomic E-state index is -0.279. The van der Waals surface area contributed by atoms with Gasteiger partial charge in [0, 0.05) is 5.56 Å². The van der Waals surface area contributed by atoms with Crippen molar-refractivity contribution in [2.45, 2.75) is 82.4 Å². The van der Waals surface area contributed by atoms with Gasteiger partial charge < -0.3 is 0 Å². The van der Waals surface area contributed by atoms with E-state index in [0.717, 1.165) is 29.7 Å². The molecule has 0 N–H and O–H groups in total. The molecule has 0 nitrogen and oxygen atoms in total. The molecule has 1 unspecified atom stereocenters. The first-order valence-corrected chi connectivity index (χ1v) is 12.2. The molecule has 0 saturated heterocycles. The second kappa shape index (κ2) is 9.38. The van der Waals surface area contributed by atoms with Gasteiger partial charge in [-0.15, -0.1) is 11.6 Å². The molecule has 0 amide bonds. The van der Waals surface area contributed by atoms with Crippen molar-refractivity contribution in [1.29, 1.82) is 0 Å². The molecule has 0 spiro atoms. The molecule has 0 aliphatic heterocycles. The van der Waals surface area contributed by atoms with Crippen LogP contribution in [0.25, 0.3) is 5.57 Å². The molecule has 0 heterocycles. The molecular formula is C27H36ClF. The van der Waals surface area contributed by atoms with Crippen LogP contribution < -0.4 is 0 Å². The maximum Gasteiger partial charge on any atom is 0.131 e. The molecule has 1 atom stereocenters. The fourth-order valence-corrected chi connectivity index (χ4v) is 6.21. The zero-order valence-electron chi connectivity index (χ0n) is 17.9. The molecule has 3 aliphatic carbocycles. The highest BCUT2D eigenvalue weighted by molar-refractivity contribution is 6.26. The lowest BCUT2D eigenvalue weighted by Crippen LogP contribution is -2.34. The molecule has 158 valence electrons. The highest BCUT2D eigenvalue weighted by Gasteiger charge is 2.37. The Hall–Kier alpha value is -1.08. The molecule has 0 radical (unpaired) electrons. The van der Waals surface area contributed by atoms with E-state index in [2.05, 4.69) is 19.1 Å². The minimum absolute atomic E-state index is 0.154. The van der Waals surface area contributed by atoms with Crippen molar-refractivity contribution in [3.8, 4) is 0 Å². The summed E-state index contributed by atoms with van der Waals surface area (Å²) in [6.07, 6.45) is 21.0. The van der Waals surface area contributed by atoms with Crippen LogP contribution in [0.1, 0.15) is 83.1 Å². The smallest absolute Gasteiger partial charge is 0.131 e. The fraction of sp³-hybridized carbons (Fsp3) is 0.630. The van der Waals surface area contributed by atoms with E-state index in [1.165, 1.54) is 70.3 Å². The van der Waals surface area contributed by atoms with E-state index in [0.29, 0.717) is 11.5 Å². The predicted octanol–water partition coefficient (Wildman–Crippen LogP) is 8.56. The van der Waals surface area contributed by atoms with E-state index in [1.54, 1.807) is 6.07 Å². The predicted molar refractivity (Wildman–Crippen MR) is 123 cm³/mol. The van der Waals surface area contributed by atoms with Crippen molar-refractivity contribution >= 4 is 17.2 Å². The second-order valence-electron chi connectivity index (χ2n) is 10.0. The quantitative estimate of drug-likeness (QED) is 0.423. The van der Waals surface area contributed by atoms with Gasteiger partial charge in [0.2, 0.25) is 0 Å².